The van der Waals surface area contributed by atoms with Gasteiger partial charge < -0.3 is 14.6 Å². The summed E-state index contributed by atoms with van der Waals surface area (Å²) in [5, 5.41) is 9.68. The number of ether oxygens (including phenoxy) is 2. The molecule has 0 amide bonds. The van der Waals surface area contributed by atoms with Crippen LogP contribution in [0.25, 0.3) is 0 Å². The van der Waals surface area contributed by atoms with Crippen molar-refractivity contribution < 1.29 is 45.0 Å². The zero-order valence-corrected chi connectivity index (χ0v) is 19.1. The van der Waals surface area contributed by atoms with Crippen molar-refractivity contribution >= 4 is 21.4 Å². The number of benzene rings is 2. The standard InChI is InChI=1S/C22H20ClF5O5S/c23-12-1-3-13(4-2-12)34(30,31)21-9-10-32-17(7-8-18(29)22(26,27)28)14(21)11-33-20-16(25)6-5-15(24)19(20)21/h1-6,14,17-18,29H,7-11H2/t14?,17-,18?,21-/m0/s1. The van der Waals surface area contributed by atoms with Gasteiger partial charge in [0.05, 0.1) is 23.2 Å². The Morgan fingerprint density at radius 2 is 1.76 bits per heavy atom. The first-order valence-electron chi connectivity index (χ1n) is 10.4. The largest absolute Gasteiger partial charge is 0.490 e. The van der Waals surface area contributed by atoms with Gasteiger partial charge in [-0.3, -0.25) is 0 Å². The highest BCUT2D eigenvalue weighted by Gasteiger charge is 2.61. The Kier molecular flexibility index (Phi) is 6.60. The van der Waals surface area contributed by atoms with Gasteiger partial charge in [0.15, 0.2) is 21.4 Å². The van der Waals surface area contributed by atoms with Crippen LogP contribution in [0, 0.1) is 17.6 Å². The minimum absolute atomic E-state index is 0.214. The van der Waals surface area contributed by atoms with E-state index in [1.54, 1.807) is 0 Å². The van der Waals surface area contributed by atoms with E-state index in [9.17, 15) is 31.1 Å². The Hall–Kier alpha value is -1.95. The van der Waals surface area contributed by atoms with Crippen LogP contribution >= 0.6 is 11.6 Å². The Morgan fingerprint density at radius 1 is 1.12 bits per heavy atom. The normalized spacial score (nSPS) is 25.7. The number of aliphatic hydroxyl groups is 1. The highest BCUT2D eigenvalue weighted by molar-refractivity contribution is 7.92. The summed E-state index contributed by atoms with van der Waals surface area (Å²) in [6.45, 7) is -0.682. The Balaban J connectivity index is 1.86. The molecular formula is C22H20ClF5O5S. The molecule has 0 radical (unpaired) electrons. The molecule has 0 aliphatic carbocycles. The highest BCUT2D eigenvalue weighted by atomic mass is 35.5. The van der Waals surface area contributed by atoms with E-state index >= 15 is 4.39 Å². The van der Waals surface area contributed by atoms with E-state index in [0.717, 1.165) is 12.1 Å². The summed E-state index contributed by atoms with van der Waals surface area (Å²) < 4.78 is 105. The lowest BCUT2D eigenvalue weighted by atomic mass is 9.74. The van der Waals surface area contributed by atoms with Crippen molar-refractivity contribution in [1.82, 2.24) is 0 Å². The molecule has 1 saturated heterocycles. The third kappa shape index (κ3) is 4.06. The molecule has 0 bridgehead atoms. The van der Waals surface area contributed by atoms with E-state index in [-0.39, 0.29) is 29.4 Å². The molecule has 2 unspecified atom stereocenters. The van der Waals surface area contributed by atoms with Crippen molar-refractivity contribution in [3.8, 4) is 5.75 Å². The molecule has 5 nitrogen and oxygen atoms in total. The van der Waals surface area contributed by atoms with E-state index in [1.807, 2.05) is 0 Å². The second-order valence-corrected chi connectivity index (χ2v) is 10.9. The maximum atomic E-state index is 15.2. The van der Waals surface area contributed by atoms with Gasteiger partial charge in [0.25, 0.3) is 0 Å². The third-order valence-corrected chi connectivity index (χ3v) is 9.26. The van der Waals surface area contributed by atoms with Gasteiger partial charge in [0.2, 0.25) is 0 Å². The van der Waals surface area contributed by atoms with Gasteiger partial charge in [0, 0.05) is 17.5 Å². The van der Waals surface area contributed by atoms with Gasteiger partial charge in [-0.1, -0.05) is 11.6 Å². The van der Waals surface area contributed by atoms with Crippen LogP contribution in [0.4, 0.5) is 22.0 Å². The molecule has 0 aromatic heterocycles. The summed E-state index contributed by atoms with van der Waals surface area (Å²) in [7, 11) is -4.46. The highest BCUT2D eigenvalue weighted by Crippen LogP contribution is 2.56. The molecule has 4 rings (SSSR count). The first kappa shape index (κ1) is 25.2. The summed E-state index contributed by atoms with van der Waals surface area (Å²) >= 11 is 5.88. The van der Waals surface area contributed by atoms with Crippen molar-refractivity contribution in [1.29, 1.82) is 0 Å². The number of hydrogen-bond donors (Lipinski definition) is 1. The van der Waals surface area contributed by atoms with E-state index in [2.05, 4.69) is 0 Å². The van der Waals surface area contributed by atoms with Gasteiger partial charge >= 0.3 is 6.18 Å². The van der Waals surface area contributed by atoms with E-state index in [4.69, 9.17) is 21.1 Å². The van der Waals surface area contributed by atoms with Crippen molar-refractivity contribution in [3.63, 3.8) is 0 Å². The summed E-state index contributed by atoms with van der Waals surface area (Å²) in [5.41, 5.74) is -0.511. The Labute approximate surface area is 197 Å². The number of fused-ring (bicyclic) bond motifs is 3. The van der Waals surface area contributed by atoms with Gasteiger partial charge in [-0.25, -0.2) is 17.2 Å². The quantitative estimate of drug-likeness (QED) is 0.567. The van der Waals surface area contributed by atoms with E-state index < -0.39 is 74.9 Å². The number of rotatable bonds is 5. The van der Waals surface area contributed by atoms with E-state index in [1.165, 1.54) is 24.3 Å². The molecule has 0 saturated carbocycles. The predicted octanol–water partition coefficient (Wildman–Crippen LogP) is 4.79. The molecule has 2 heterocycles. The lowest BCUT2D eigenvalue weighted by Crippen LogP contribution is -2.57. The van der Waals surface area contributed by atoms with E-state index in [0.29, 0.717) is 0 Å². The molecule has 4 atom stereocenters. The lowest BCUT2D eigenvalue weighted by Gasteiger charge is -2.50. The fourth-order valence-electron chi connectivity index (χ4n) is 4.82. The van der Waals surface area contributed by atoms with Crippen LogP contribution in [0.2, 0.25) is 5.02 Å². The molecule has 186 valence electrons. The molecule has 0 spiro atoms. The summed E-state index contributed by atoms with van der Waals surface area (Å²) in [4.78, 5) is -0.214. The van der Waals surface area contributed by atoms with Crippen LogP contribution < -0.4 is 4.74 Å². The summed E-state index contributed by atoms with van der Waals surface area (Å²) in [5.74, 6) is -3.71. The molecular weight excluding hydrogens is 507 g/mol. The number of halogens is 6. The average Bonchev–Trinajstić information content (AvgIpc) is 2.78. The van der Waals surface area contributed by atoms with Gasteiger partial charge in [-0.15, -0.1) is 0 Å². The summed E-state index contributed by atoms with van der Waals surface area (Å²) in [6.07, 6.45) is -10.1. The molecule has 34 heavy (non-hydrogen) atoms. The lowest BCUT2D eigenvalue weighted by molar-refractivity contribution is -0.208. The summed E-state index contributed by atoms with van der Waals surface area (Å²) in [6, 6.07) is 6.73. The molecule has 1 fully saturated rings. The van der Waals surface area contributed by atoms with Crippen LogP contribution in [-0.2, 0) is 19.3 Å². The molecule has 12 heteroatoms. The van der Waals surface area contributed by atoms with Crippen LogP contribution in [-0.4, -0.2) is 45.1 Å². The SMILES string of the molecule is O=S(=O)(c1ccc(Cl)cc1)[C@@]12CCO[C@@H](CCC(O)C(F)(F)F)C1COc1c(F)ccc(F)c12. The van der Waals surface area contributed by atoms with Crippen LogP contribution in [0.5, 0.6) is 5.75 Å². The number of sulfone groups is 1. The van der Waals surface area contributed by atoms with Gasteiger partial charge in [-0.05, 0) is 55.7 Å². The first-order valence-corrected chi connectivity index (χ1v) is 12.2. The van der Waals surface area contributed by atoms with Crippen molar-refractivity contribution in [3.05, 3.63) is 58.6 Å². The monoisotopic (exact) mass is 526 g/mol. The van der Waals surface area contributed by atoms with Crippen molar-refractivity contribution in [2.24, 2.45) is 5.92 Å². The number of hydrogen-bond acceptors (Lipinski definition) is 5. The van der Waals surface area contributed by atoms with Crippen LogP contribution in [0.3, 0.4) is 0 Å². The second-order valence-electron chi connectivity index (χ2n) is 8.29. The zero-order chi connectivity index (χ0) is 24.9. The van der Waals surface area contributed by atoms with Gasteiger partial charge in [-0.2, -0.15) is 13.2 Å². The molecule has 2 aliphatic rings. The maximum absolute atomic E-state index is 15.2. The zero-order valence-electron chi connectivity index (χ0n) is 17.5. The minimum Gasteiger partial charge on any atom is -0.490 e. The average molecular weight is 527 g/mol. The number of alkyl halides is 3. The van der Waals surface area contributed by atoms with Crippen LogP contribution in [0.1, 0.15) is 24.8 Å². The second kappa shape index (κ2) is 8.92. The number of aliphatic hydroxyl groups excluding tert-OH is 1. The van der Waals surface area contributed by atoms with Crippen molar-refractivity contribution in [2.45, 2.75) is 47.3 Å². The minimum atomic E-state index is -4.87. The fourth-order valence-corrected chi connectivity index (χ4v) is 7.29. The molecule has 2 aromatic rings. The Bertz CT molecular complexity index is 1170. The van der Waals surface area contributed by atoms with Crippen molar-refractivity contribution in [2.75, 3.05) is 13.2 Å². The fraction of sp³-hybridized carbons (Fsp3) is 0.455. The third-order valence-electron chi connectivity index (χ3n) is 6.45. The topological polar surface area (TPSA) is 72.8 Å². The van der Waals surface area contributed by atoms with Gasteiger partial charge in [0.1, 0.15) is 16.7 Å². The molecule has 1 N–H and O–H groups in total. The van der Waals surface area contributed by atoms with Crippen LogP contribution in [0.15, 0.2) is 41.3 Å². The first-order chi connectivity index (χ1) is 15.9. The molecule has 2 aliphatic heterocycles. The Morgan fingerprint density at radius 3 is 2.41 bits per heavy atom. The smallest absolute Gasteiger partial charge is 0.414 e. The predicted molar refractivity (Wildman–Crippen MR) is 111 cm³/mol. The maximum Gasteiger partial charge on any atom is 0.414 e. The molecule has 2 aromatic carbocycles.